The van der Waals surface area contributed by atoms with Gasteiger partial charge in [0, 0.05) is 18.9 Å². The number of hydrogen-bond acceptors (Lipinski definition) is 2. The topological polar surface area (TPSA) is 43.1 Å². The van der Waals surface area contributed by atoms with Crippen molar-refractivity contribution in [2.75, 3.05) is 6.54 Å². The summed E-state index contributed by atoms with van der Waals surface area (Å²) in [5, 5.41) is 0. The average molecular weight is 169 g/mol. The van der Waals surface area contributed by atoms with Crippen molar-refractivity contribution in [1.29, 1.82) is 0 Å². The molecule has 0 bridgehead atoms. The normalized spacial score (nSPS) is 19.2. The van der Waals surface area contributed by atoms with Crippen LogP contribution in [-0.4, -0.2) is 12.3 Å². The molecule has 0 heterocycles. The zero-order valence-corrected chi connectivity index (χ0v) is 7.88. The molecule has 1 rings (SSSR count). The maximum absolute atomic E-state index is 11.5. The van der Waals surface area contributed by atoms with Crippen molar-refractivity contribution < 1.29 is 4.79 Å². The molecule has 0 saturated heterocycles. The summed E-state index contributed by atoms with van der Waals surface area (Å²) >= 11 is 0. The van der Waals surface area contributed by atoms with Gasteiger partial charge in [0.2, 0.25) is 0 Å². The molecule has 1 saturated carbocycles. The van der Waals surface area contributed by atoms with Crippen molar-refractivity contribution in [3.05, 3.63) is 0 Å². The zero-order chi connectivity index (χ0) is 8.97. The quantitative estimate of drug-likeness (QED) is 0.658. The van der Waals surface area contributed by atoms with Crippen molar-refractivity contribution in [3.8, 4) is 0 Å². The molecule has 1 atom stereocenters. The summed E-state index contributed by atoms with van der Waals surface area (Å²) in [6.07, 6.45) is 5.45. The molecule has 0 aromatic heterocycles. The molecule has 2 nitrogen and oxygen atoms in total. The maximum Gasteiger partial charge on any atom is 0.137 e. The molecule has 1 unspecified atom stereocenters. The second-order valence-electron chi connectivity index (χ2n) is 3.79. The van der Waals surface area contributed by atoms with Gasteiger partial charge in [-0.25, -0.2) is 0 Å². The summed E-state index contributed by atoms with van der Waals surface area (Å²) in [7, 11) is 0. The third-order valence-electron chi connectivity index (χ3n) is 2.73. The summed E-state index contributed by atoms with van der Waals surface area (Å²) in [6.45, 7) is 2.56. The average Bonchev–Trinajstić information content (AvgIpc) is 2.86. The molecule has 12 heavy (non-hydrogen) atoms. The molecule has 2 N–H and O–H groups in total. The molecule has 0 aromatic rings. The van der Waals surface area contributed by atoms with Gasteiger partial charge in [-0.3, -0.25) is 4.79 Å². The van der Waals surface area contributed by atoms with Gasteiger partial charge in [0.05, 0.1) is 0 Å². The summed E-state index contributed by atoms with van der Waals surface area (Å²) in [5.74, 6) is 1.37. The lowest BCUT2D eigenvalue weighted by Crippen LogP contribution is -2.22. The first-order chi connectivity index (χ1) is 5.77. The largest absolute Gasteiger partial charge is 0.330 e. The number of ketones is 1. The van der Waals surface area contributed by atoms with Crippen LogP contribution in [0.25, 0.3) is 0 Å². The molecule has 0 radical (unpaired) electrons. The lowest BCUT2D eigenvalue weighted by atomic mass is 9.97. The monoisotopic (exact) mass is 169 g/mol. The first-order valence-electron chi connectivity index (χ1n) is 5.00. The van der Waals surface area contributed by atoms with Gasteiger partial charge in [0.25, 0.3) is 0 Å². The van der Waals surface area contributed by atoms with Gasteiger partial charge < -0.3 is 5.73 Å². The second-order valence-corrected chi connectivity index (χ2v) is 3.79. The Morgan fingerprint density at radius 2 is 2.25 bits per heavy atom. The molecule has 1 fully saturated rings. The van der Waals surface area contributed by atoms with Crippen LogP contribution in [0.4, 0.5) is 0 Å². The number of carbonyl (C=O) groups is 1. The Hall–Kier alpha value is -0.370. The van der Waals surface area contributed by atoms with E-state index in [1.165, 1.54) is 12.8 Å². The lowest BCUT2D eigenvalue weighted by Gasteiger charge is -2.09. The second kappa shape index (κ2) is 4.61. The minimum atomic E-state index is 0.128. The summed E-state index contributed by atoms with van der Waals surface area (Å²) in [6, 6.07) is 0. The standard InChI is InChI=1S/C10H19NO/c1-2-9(7-11)10(12)6-5-8-3-4-8/h8-9H,2-7,11H2,1H3. The molecule has 1 aliphatic carbocycles. The van der Waals surface area contributed by atoms with E-state index in [0.29, 0.717) is 12.3 Å². The van der Waals surface area contributed by atoms with E-state index in [4.69, 9.17) is 5.73 Å². The highest BCUT2D eigenvalue weighted by molar-refractivity contribution is 5.81. The van der Waals surface area contributed by atoms with Gasteiger partial charge >= 0.3 is 0 Å². The number of nitrogens with two attached hydrogens (primary N) is 1. The van der Waals surface area contributed by atoms with Crippen LogP contribution in [0.15, 0.2) is 0 Å². The van der Waals surface area contributed by atoms with E-state index < -0.39 is 0 Å². The van der Waals surface area contributed by atoms with Crippen molar-refractivity contribution in [2.24, 2.45) is 17.6 Å². The van der Waals surface area contributed by atoms with Gasteiger partial charge in [0.15, 0.2) is 0 Å². The first kappa shape index (κ1) is 9.72. The lowest BCUT2D eigenvalue weighted by molar-refractivity contribution is -0.122. The zero-order valence-electron chi connectivity index (χ0n) is 7.88. The third-order valence-corrected chi connectivity index (χ3v) is 2.73. The third kappa shape index (κ3) is 2.94. The Balaban J connectivity index is 2.15. The van der Waals surface area contributed by atoms with Gasteiger partial charge in [0.1, 0.15) is 5.78 Å². The summed E-state index contributed by atoms with van der Waals surface area (Å²) in [5.41, 5.74) is 5.49. The minimum absolute atomic E-state index is 0.128. The van der Waals surface area contributed by atoms with Crippen LogP contribution < -0.4 is 5.73 Å². The van der Waals surface area contributed by atoms with Crippen LogP contribution in [0.5, 0.6) is 0 Å². The van der Waals surface area contributed by atoms with Gasteiger partial charge in [-0.05, 0) is 18.8 Å². The smallest absolute Gasteiger partial charge is 0.137 e. The SMILES string of the molecule is CCC(CN)C(=O)CCC1CC1. The van der Waals surface area contributed by atoms with Gasteiger partial charge in [-0.15, -0.1) is 0 Å². The van der Waals surface area contributed by atoms with E-state index in [0.717, 1.165) is 25.2 Å². The van der Waals surface area contributed by atoms with Crippen LogP contribution in [0.3, 0.4) is 0 Å². The Morgan fingerprint density at radius 3 is 2.67 bits per heavy atom. The summed E-state index contributed by atoms with van der Waals surface area (Å²) < 4.78 is 0. The molecule has 0 aromatic carbocycles. The Labute approximate surface area is 74.5 Å². The van der Waals surface area contributed by atoms with Crippen LogP contribution >= 0.6 is 0 Å². The van der Waals surface area contributed by atoms with Gasteiger partial charge in [-0.2, -0.15) is 0 Å². The van der Waals surface area contributed by atoms with Crippen LogP contribution in [0.2, 0.25) is 0 Å². The fourth-order valence-electron chi connectivity index (χ4n) is 1.48. The Bertz CT molecular complexity index is 148. The number of Topliss-reactive ketones (excluding diaryl/α,β-unsaturated/α-hetero) is 1. The predicted octanol–water partition coefficient (Wildman–Crippen LogP) is 1.73. The number of hydrogen-bond donors (Lipinski definition) is 1. The van der Waals surface area contributed by atoms with E-state index in [1.54, 1.807) is 0 Å². The maximum atomic E-state index is 11.5. The molecule has 2 heteroatoms. The van der Waals surface area contributed by atoms with Crippen LogP contribution in [-0.2, 0) is 4.79 Å². The molecule has 1 aliphatic rings. The van der Waals surface area contributed by atoms with Crippen molar-refractivity contribution in [2.45, 2.75) is 39.0 Å². The van der Waals surface area contributed by atoms with Crippen LogP contribution in [0.1, 0.15) is 39.0 Å². The first-order valence-corrected chi connectivity index (χ1v) is 5.00. The van der Waals surface area contributed by atoms with E-state index in [9.17, 15) is 4.79 Å². The Kier molecular flexibility index (Phi) is 3.73. The van der Waals surface area contributed by atoms with Crippen molar-refractivity contribution >= 4 is 5.78 Å². The van der Waals surface area contributed by atoms with E-state index in [2.05, 4.69) is 0 Å². The highest BCUT2D eigenvalue weighted by Crippen LogP contribution is 2.33. The molecule has 0 amide bonds. The van der Waals surface area contributed by atoms with E-state index in [-0.39, 0.29) is 5.92 Å². The molecule has 0 spiro atoms. The predicted molar refractivity (Wildman–Crippen MR) is 49.8 cm³/mol. The number of carbonyl (C=O) groups excluding carboxylic acids is 1. The fraction of sp³-hybridized carbons (Fsp3) is 0.900. The van der Waals surface area contributed by atoms with Crippen LogP contribution in [0, 0.1) is 11.8 Å². The molecular weight excluding hydrogens is 150 g/mol. The van der Waals surface area contributed by atoms with E-state index in [1.807, 2.05) is 6.92 Å². The molecule has 0 aliphatic heterocycles. The highest BCUT2D eigenvalue weighted by atomic mass is 16.1. The fourth-order valence-corrected chi connectivity index (χ4v) is 1.48. The summed E-state index contributed by atoms with van der Waals surface area (Å²) in [4.78, 5) is 11.5. The van der Waals surface area contributed by atoms with E-state index >= 15 is 0 Å². The van der Waals surface area contributed by atoms with Crippen molar-refractivity contribution in [3.63, 3.8) is 0 Å². The minimum Gasteiger partial charge on any atom is -0.330 e. The number of rotatable bonds is 6. The molecule has 70 valence electrons. The molecular formula is C10H19NO. The Morgan fingerprint density at radius 1 is 1.58 bits per heavy atom. The highest BCUT2D eigenvalue weighted by Gasteiger charge is 2.23. The van der Waals surface area contributed by atoms with Gasteiger partial charge in [-0.1, -0.05) is 19.8 Å². The van der Waals surface area contributed by atoms with Crippen molar-refractivity contribution in [1.82, 2.24) is 0 Å².